The highest BCUT2D eigenvalue weighted by molar-refractivity contribution is 5.52. The molecule has 3 nitrogen and oxygen atoms in total. The van der Waals surface area contributed by atoms with E-state index in [1.54, 1.807) is 14.2 Å². The van der Waals surface area contributed by atoms with E-state index in [0.29, 0.717) is 12.0 Å². The van der Waals surface area contributed by atoms with Crippen LogP contribution < -0.4 is 14.8 Å². The van der Waals surface area contributed by atoms with Crippen LogP contribution in [0, 0.1) is 5.92 Å². The Morgan fingerprint density at radius 3 is 2.56 bits per heavy atom. The van der Waals surface area contributed by atoms with Gasteiger partial charge in [-0.3, -0.25) is 0 Å². The van der Waals surface area contributed by atoms with Gasteiger partial charge in [-0.15, -0.1) is 0 Å². The quantitative estimate of drug-likeness (QED) is 0.889. The Morgan fingerprint density at radius 2 is 2.00 bits per heavy atom. The van der Waals surface area contributed by atoms with Gasteiger partial charge < -0.3 is 14.8 Å². The van der Waals surface area contributed by atoms with E-state index in [1.165, 1.54) is 17.5 Å². The van der Waals surface area contributed by atoms with Crippen LogP contribution in [0.2, 0.25) is 0 Å². The Kier molecular flexibility index (Phi) is 4.12. The van der Waals surface area contributed by atoms with Crippen LogP contribution in [-0.4, -0.2) is 27.3 Å². The van der Waals surface area contributed by atoms with Crippen LogP contribution in [0.1, 0.15) is 24.5 Å². The normalized spacial score (nSPS) is 22.4. The molecule has 0 saturated heterocycles. The third kappa shape index (κ3) is 2.19. The predicted molar refractivity (Wildman–Crippen MR) is 73.6 cm³/mol. The van der Waals surface area contributed by atoms with Gasteiger partial charge in [0.25, 0.3) is 0 Å². The molecule has 1 aromatic carbocycles. The van der Waals surface area contributed by atoms with Crippen molar-refractivity contribution in [2.24, 2.45) is 5.92 Å². The molecule has 0 aromatic heterocycles. The summed E-state index contributed by atoms with van der Waals surface area (Å²) in [5.41, 5.74) is 2.71. The number of fused-ring (bicyclic) bond motifs is 1. The largest absolute Gasteiger partial charge is 0.493 e. The summed E-state index contributed by atoms with van der Waals surface area (Å²) in [7, 11) is 5.48. The molecule has 1 N–H and O–H groups in total. The van der Waals surface area contributed by atoms with Gasteiger partial charge in [0.2, 0.25) is 0 Å². The minimum atomic E-state index is 0.570. The number of nitrogens with one attached hydrogen (secondary N) is 1. The molecule has 100 valence electrons. The second kappa shape index (κ2) is 5.61. The van der Waals surface area contributed by atoms with Gasteiger partial charge in [-0.1, -0.05) is 19.4 Å². The smallest absolute Gasteiger partial charge is 0.164 e. The average molecular weight is 249 g/mol. The molecule has 0 bridgehead atoms. The maximum Gasteiger partial charge on any atom is 0.164 e. The number of ether oxygens (including phenoxy) is 2. The van der Waals surface area contributed by atoms with Gasteiger partial charge in [0.05, 0.1) is 14.2 Å². The summed E-state index contributed by atoms with van der Waals surface area (Å²) in [6, 6.07) is 4.75. The van der Waals surface area contributed by atoms with Gasteiger partial charge in [0.1, 0.15) is 0 Å². The number of rotatable bonds is 4. The third-order valence-corrected chi connectivity index (χ3v) is 4.12. The van der Waals surface area contributed by atoms with E-state index in [-0.39, 0.29) is 0 Å². The highest BCUT2D eigenvalue weighted by atomic mass is 16.5. The zero-order valence-electron chi connectivity index (χ0n) is 11.7. The summed E-state index contributed by atoms with van der Waals surface area (Å²) in [6.07, 6.45) is 3.33. The first-order valence-electron chi connectivity index (χ1n) is 6.65. The zero-order chi connectivity index (χ0) is 13.1. The molecule has 1 aliphatic carbocycles. The molecule has 1 aliphatic rings. The van der Waals surface area contributed by atoms with E-state index in [2.05, 4.69) is 25.4 Å². The van der Waals surface area contributed by atoms with Crippen molar-refractivity contribution in [2.45, 2.75) is 32.2 Å². The van der Waals surface area contributed by atoms with Crippen LogP contribution >= 0.6 is 0 Å². The molecule has 2 atom stereocenters. The molecular formula is C15H23NO2. The lowest BCUT2D eigenvalue weighted by atomic mass is 9.78. The van der Waals surface area contributed by atoms with Crippen LogP contribution in [0.5, 0.6) is 11.5 Å². The van der Waals surface area contributed by atoms with Crippen molar-refractivity contribution in [1.82, 2.24) is 5.32 Å². The van der Waals surface area contributed by atoms with Crippen LogP contribution in [0.15, 0.2) is 12.1 Å². The molecule has 0 fully saturated rings. The number of likely N-dealkylation sites (N-methyl/N-ethyl adjacent to an activating group) is 1. The molecule has 1 aromatic rings. The molecular weight excluding hydrogens is 226 g/mol. The SMILES string of the molecule is CCC1Cc2c(ccc(OC)c2OC)CC1NC. The summed E-state index contributed by atoms with van der Waals surface area (Å²) in [5, 5.41) is 3.44. The lowest BCUT2D eigenvalue weighted by Gasteiger charge is -2.33. The first kappa shape index (κ1) is 13.2. The van der Waals surface area contributed by atoms with Crippen molar-refractivity contribution in [3.63, 3.8) is 0 Å². The van der Waals surface area contributed by atoms with Gasteiger partial charge in [0.15, 0.2) is 11.5 Å². The predicted octanol–water partition coefficient (Wildman–Crippen LogP) is 2.42. The fourth-order valence-electron chi connectivity index (χ4n) is 3.02. The Hall–Kier alpha value is -1.22. The van der Waals surface area contributed by atoms with E-state index >= 15 is 0 Å². The molecule has 2 unspecified atom stereocenters. The molecule has 0 spiro atoms. The standard InChI is InChI=1S/C15H23NO2/c1-5-10-8-12-11(9-13(10)16-2)6-7-14(17-3)15(12)18-4/h6-7,10,13,16H,5,8-9H2,1-4H3. The molecule has 0 saturated carbocycles. The molecule has 0 radical (unpaired) electrons. The van der Waals surface area contributed by atoms with Gasteiger partial charge >= 0.3 is 0 Å². The summed E-state index contributed by atoms with van der Waals surface area (Å²) in [6.45, 7) is 2.26. The van der Waals surface area contributed by atoms with Gasteiger partial charge in [0, 0.05) is 11.6 Å². The summed E-state index contributed by atoms with van der Waals surface area (Å²) in [5.74, 6) is 2.43. The molecule has 3 heteroatoms. The van der Waals surface area contributed by atoms with Gasteiger partial charge in [-0.25, -0.2) is 0 Å². The Bertz CT molecular complexity index is 417. The topological polar surface area (TPSA) is 30.5 Å². The van der Waals surface area contributed by atoms with Crippen molar-refractivity contribution in [3.05, 3.63) is 23.3 Å². The molecule has 0 amide bonds. The van der Waals surface area contributed by atoms with Crippen LogP contribution in [-0.2, 0) is 12.8 Å². The van der Waals surface area contributed by atoms with Gasteiger partial charge in [-0.05, 0) is 37.4 Å². The molecule has 2 rings (SSSR count). The fraction of sp³-hybridized carbons (Fsp3) is 0.600. The van der Waals surface area contributed by atoms with E-state index in [0.717, 1.165) is 24.3 Å². The minimum Gasteiger partial charge on any atom is -0.493 e. The second-order valence-corrected chi connectivity index (χ2v) is 4.91. The molecule has 0 aliphatic heterocycles. The van der Waals surface area contributed by atoms with Crippen molar-refractivity contribution in [3.8, 4) is 11.5 Å². The number of benzene rings is 1. The van der Waals surface area contributed by atoms with E-state index in [4.69, 9.17) is 9.47 Å². The highest BCUT2D eigenvalue weighted by Crippen LogP contribution is 2.39. The fourth-order valence-corrected chi connectivity index (χ4v) is 3.02. The van der Waals surface area contributed by atoms with E-state index in [1.807, 2.05) is 6.07 Å². The summed E-state index contributed by atoms with van der Waals surface area (Å²) < 4.78 is 10.9. The zero-order valence-corrected chi connectivity index (χ0v) is 11.7. The first-order valence-corrected chi connectivity index (χ1v) is 6.65. The first-order chi connectivity index (χ1) is 8.74. The lowest BCUT2D eigenvalue weighted by molar-refractivity contribution is 0.316. The van der Waals surface area contributed by atoms with E-state index < -0.39 is 0 Å². The number of hydrogen-bond donors (Lipinski definition) is 1. The molecule has 0 heterocycles. The van der Waals surface area contributed by atoms with Crippen molar-refractivity contribution in [1.29, 1.82) is 0 Å². The summed E-state index contributed by atoms with van der Waals surface area (Å²) in [4.78, 5) is 0. The Balaban J connectivity index is 2.42. The number of hydrogen-bond acceptors (Lipinski definition) is 3. The highest BCUT2D eigenvalue weighted by Gasteiger charge is 2.29. The second-order valence-electron chi connectivity index (χ2n) is 4.91. The molecule has 18 heavy (non-hydrogen) atoms. The van der Waals surface area contributed by atoms with Crippen molar-refractivity contribution < 1.29 is 9.47 Å². The number of methoxy groups -OCH3 is 2. The van der Waals surface area contributed by atoms with Crippen molar-refractivity contribution in [2.75, 3.05) is 21.3 Å². The van der Waals surface area contributed by atoms with Crippen molar-refractivity contribution >= 4 is 0 Å². The Morgan fingerprint density at radius 1 is 1.22 bits per heavy atom. The van der Waals surface area contributed by atoms with Crippen LogP contribution in [0.25, 0.3) is 0 Å². The maximum absolute atomic E-state index is 5.55. The van der Waals surface area contributed by atoms with Crippen LogP contribution in [0.3, 0.4) is 0 Å². The summed E-state index contributed by atoms with van der Waals surface area (Å²) >= 11 is 0. The third-order valence-electron chi connectivity index (χ3n) is 4.12. The maximum atomic E-state index is 5.55. The Labute approximate surface area is 109 Å². The van der Waals surface area contributed by atoms with Gasteiger partial charge in [-0.2, -0.15) is 0 Å². The minimum absolute atomic E-state index is 0.570. The average Bonchev–Trinajstić information content (AvgIpc) is 2.44. The van der Waals surface area contributed by atoms with Crippen LogP contribution in [0.4, 0.5) is 0 Å². The lowest BCUT2D eigenvalue weighted by Crippen LogP contribution is -2.39. The monoisotopic (exact) mass is 249 g/mol. The van der Waals surface area contributed by atoms with E-state index in [9.17, 15) is 0 Å².